The van der Waals surface area contributed by atoms with E-state index in [-0.39, 0.29) is 5.69 Å². The molecular weight excluding hydrogens is 302 g/mol. The fourth-order valence-corrected chi connectivity index (χ4v) is 2.52. The summed E-state index contributed by atoms with van der Waals surface area (Å²) in [6.45, 7) is 1.82. The molecule has 2 aromatic heterocycles. The number of nitrogens with zero attached hydrogens (tertiary/aromatic N) is 7. The zero-order valence-electron chi connectivity index (χ0n) is 11.9. The maximum absolute atomic E-state index is 11.2. The second kappa shape index (κ2) is 4.95. The molecule has 0 atom stereocenters. The van der Waals surface area contributed by atoms with Crippen molar-refractivity contribution in [2.24, 2.45) is 0 Å². The van der Waals surface area contributed by atoms with Gasteiger partial charge in [-0.15, -0.1) is 5.10 Å². The number of carboxylic acids is 1. The third-order valence-electron chi connectivity index (χ3n) is 3.86. The first-order valence-electron chi connectivity index (χ1n) is 6.94. The molecule has 0 bridgehead atoms. The Bertz CT molecular complexity index is 853. The van der Waals surface area contributed by atoms with Crippen LogP contribution in [-0.2, 0) is 6.67 Å². The third kappa shape index (κ3) is 2.25. The number of carbonyl (C=O) groups is 1. The topological polar surface area (TPSA) is 120 Å². The predicted octanol–water partition coefficient (Wildman–Crippen LogP) is 0.400. The summed E-state index contributed by atoms with van der Waals surface area (Å²) in [4.78, 5) is 11.2. The Kier molecular flexibility index (Phi) is 2.91. The number of benzene rings is 1. The van der Waals surface area contributed by atoms with E-state index in [1.807, 2.05) is 30.3 Å². The van der Waals surface area contributed by atoms with E-state index in [1.165, 1.54) is 0 Å². The van der Waals surface area contributed by atoms with Crippen molar-refractivity contribution in [1.82, 2.24) is 35.0 Å². The van der Waals surface area contributed by atoms with Gasteiger partial charge in [-0.1, -0.05) is 30.3 Å². The molecule has 116 valence electrons. The lowest BCUT2D eigenvalue weighted by Gasteiger charge is -2.14. The predicted molar refractivity (Wildman–Crippen MR) is 76.0 cm³/mol. The van der Waals surface area contributed by atoms with Crippen molar-refractivity contribution in [3.63, 3.8) is 0 Å². The van der Waals surface area contributed by atoms with E-state index in [0.717, 1.165) is 18.7 Å². The molecule has 3 aromatic rings. The van der Waals surface area contributed by atoms with Crippen LogP contribution in [0.25, 0.3) is 11.4 Å². The summed E-state index contributed by atoms with van der Waals surface area (Å²) in [6, 6.07) is 9.54. The lowest BCUT2D eigenvalue weighted by atomic mass is 10.2. The molecule has 1 aliphatic heterocycles. The SMILES string of the molecule is O=C(O)c1nonc1[N+]1(Cn2nnnc2-c2ccccc2)CC1. The summed E-state index contributed by atoms with van der Waals surface area (Å²) in [7, 11) is 0. The molecule has 1 N–H and O–H groups in total. The first-order valence-corrected chi connectivity index (χ1v) is 6.94. The van der Waals surface area contributed by atoms with Crippen LogP contribution < -0.4 is 4.48 Å². The van der Waals surface area contributed by atoms with Gasteiger partial charge in [-0.3, -0.25) is 0 Å². The molecular formula is C13H12N7O3+. The summed E-state index contributed by atoms with van der Waals surface area (Å²) in [6.07, 6.45) is 0. The van der Waals surface area contributed by atoms with E-state index in [9.17, 15) is 9.90 Å². The third-order valence-corrected chi connectivity index (χ3v) is 3.86. The molecule has 10 nitrogen and oxygen atoms in total. The highest BCUT2D eigenvalue weighted by atomic mass is 16.6. The highest BCUT2D eigenvalue weighted by Crippen LogP contribution is 2.34. The Hall–Kier alpha value is -3.14. The highest BCUT2D eigenvalue weighted by molar-refractivity contribution is 5.90. The Morgan fingerprint density at radius 2 is 2.04 bits per heavy atom. The average molecular weight is 314 g/mol. The minimum absolute atomic E-state index is 0.170. The van der Waals surface area contributed by atoms with Crippen LogP contribution in [-0.4, -0.2) is 54.7 Å². The number of hydrogen-bond donors (Lipinski definition) is 1. The standard InChI is InChI=1S/C13H11N7O3/c21-13(22)10-12(16-23-15-10)20(6-7-20)8-19-11(14-17-18-19)9-4-2-1-3-5-9/h1-5H,6-8H2/p+1. The van der Waals surface area contributed by atoms with Gasteiger partial charge in [0.1, 0.15) is 13.1 Å². The van der Waals surface area contributed by atoms with Crippen LogP contribution in [0.15, 0.2) is 35.0 Å². The Balaban J connectivity index is 1.68. The van der Waals surface area contributed by atoms with Gasteiger partial charge in [-0.05, 0) is 15.6 Å². The van der Waals surface area contributed by atoms with E-state index in [1.54, 1.807) is 4.68 Å². The second-order valence-electron chi connectivity index (χ2n) is 5.34. The fourth-order valence-electron chi connectivity index (χ4n) is 2.52. The van der Waals surface area contributed by atoms with Crippen LogP contribution in [0, 0.1) is 0 Å². The first kappa shape index (κ1) is 13.5. The zero-order valence-corrected chi connectivity index (χ0v) is 11.9. The number of hydrogen-bond acceptors (Lipinski definition) is 7. The summed E-state index contributed by atoms with van der Waals surface area (Å²) >= 11 is 0. The van der Waals surface area contributed by atoms with Gasteiger partial charge in [0, 0.05) is 10.7 Å². The fraction of sp³-hybridized carbons (Fsp3) is 0.231. The van der Waals surface area contributed by atoms with Crippen molar-refractivity contribution < 1.29 is 14.5 Å². The van der Waals surface area contributed by atoms with Crippen molar-refractivity contribution in [3.05, 3.63) is 36.0 Å². The number of tetrazole rings is 1. The van der Waals surface area contributed by atoms with Crippen molar-refractivity contribution in [2.45, 2.75) is 6.67 Å². The monoisotopic (exact) mass is 314 g/mol. The van der Waals surface area contributed by atoms with E-state index >= 15 is 0 Å². The molecule has 0 spiro atoms. The maximum Gasteiger partial charge on any atom is 0.366 e. The number of rotatable bonds is 5. The smallest absolute Gasteiger partial charge is 0.366 e. The Labute approximate surface area is 129 Å². The molecule has 0 unspecified atom stereocenters. The molecule has 1 aliphatic rings. The van der Waals surface area contributed by atoms with Crippen LogP contribution in [0.5, 0.6) is 0 Å². The van der Waals surface area contributed by atoms with Crippen molar-refractivity contribution >= 4 is 11.8 Å². The summed E-state index contributed by atoms with van der Waals surface area (Å²) in [5.41, 5.74) is 0.714. The molecule has 1 aromatic carbocycles. The van der Waals surface area contributed by atoms with Crippen molar-refractivity contribution in [3.8, 4) is 11.4 Å². The van der Waals surface area contributed by atoms with Gasteiger partial charge in [-0.2, -0.15) is 4.68 Å². The normalized spacial score (nSPS) is 15.5. The summed E-state index contributed by atoms with van der Waals surface area (Å²) in [5, 5.41) is 28.2. The Morgan fingerprint density at radius 1 is 1.26 bits per heavy atom. The molecule has 0 aliphatic carbocycles. The van der Waals surface area contributed by atoms with Crippen LogP contribution >= 0.6 is 0 Å². The lowest BCUT2D eigenvalue weighted by Crippen LogP contribution is -2.32. The number of aromatic nitrogens is 6. The molecule has 1 saturated heterocycles. The number of carboxylic acid groups (broad SMARTS) is 1. The van der Waals surface area contributed by atoms with E-state index in [4.69, 9.17) is 0 Å². The molecule has 23 heavy (non-hydrogen) atoms. The van der Waals surface area contributed by atoms with E-state index in [0.29, 0.717) is 22.8 Å². The molecule has 4 rings (SSSR count). The summed E-state index contributed by atoms with van der Waals surface area (Å²) in [5.74, 6) is -0.249. The van der Waals surface area contributed by atoms with Crippen LogP contribution in [0.3, 0.4) is 0 Å². The second-order valence-corrected chi connectivity index (χ2v) is 5.34. The van der Waals surface area contributed by atoms with Crippen molar-refractivity contribution in [1.29, 1.82) is 0 Å². The lowest BCUT2D eigenvalue weighted by molar-refractivity contribution is 0.0684. The van der Waals surface area contributed by atoms with E-state index in [2.05, 4.69) is 30.5 Å². The molecule has 1 fully saturated rings. The minimum atomic E-state index is -1.16. The largest absolute Gasteiger partial charge is 0.476 e. The van der Waals surface area contributed by atoms with Crippen molar-refractivity contribution in [2.75, 3.05) is 13.1 Å². The quantitative estimate of drug-likeness (QED) is 0.531. The maximum atomic E-state index is 11.2. The number of aromatic carboxylic acids is 1. The molecule has 10 heteroatoms. The average Bonchev–Trinajstić information content (AvgIpc) is 3.00. The van der Waals surface area contributed by atoms with E-state index < -0.39 is 5.97 Å². The van der Waals surface area contributed by atoms with Gasteiger partial charge in [0.2, 0.25) is 0 Å². The Morgan fingerprint density at radius 3 is 2.74 bits per heavy atom. The first-order chi connectivity index (χ1) is 11.2. The minimum Gasteiger partial charge on any atom is -0.476 e. The highest BCUT2D eigenvalue weighted by Gasteiger charge is 2.52. The number of quaternary nitrogens is 1. The van der Waals surface area contributed by atoms with Gasteiger partial charge < -0.3 is 5.11 Å². The van der Waals surface area contributed by atoms with Crippen LogP contribution in [0.2, 0.25) is 0 Å². The molecule has 0 radical (unpaired) electrons. The molecule has 0 amide bonds. The van der Waals surface area contributed by atoms with Gasteiger partial charge in [0.25, 0.3) is 5.69 Å². The van der Waals surface area contributed by atoms with Gasteiger partial charge >= 0.3 is 11.8 Å². The molecule has 0 saturated carbocycles. The summed E-state index contributed by atoms with van der Waals surface area (Å²) < 4.78 is 6.55. The van der Waals surface area contributed by atoms with Gasteiger partial charge in [-0.25, -0.2) is 13.9 Å². The molecule has 3 heterocycles. The van der Waals surface area contributed by atoms with Gasteiger partial charge in [0.15, 0.2) is 12.5 Å². The zero-order chi connectivity index (χ0) is 15.9. The van der Waals surface area contributed by atoms with Crippen LogP contribution in [0.1, 0.15) is 10.5 Å². The van der Waals surface area contributed by atoms with Gasteiger partial charge in [0.05, 0.1) is 0 Å². The van der Waals surface area contributed by atoms with Crippen LogP contribution in [0.4, 0.5) is 5.82 Å².